The van der Waals surface area contributed by atoms with Gasteiger partial charge in [0, 0.05) is 12.8 Å². The third kappa shape index (κ3) is 5.18. The summed E-state index contributed by atoms with van der Waals surface area (Å²) in [6.45, 7) is 7.53. The summed E-state index contributed by atoms with van der Waals surface area (Å²) in [5.41, 5.74) is 1.13. The number of nitrogens with zero attached hydrogens (tertiary/aromatic N) is 2. The van der Waals surface area contributed by atoms with Crippen molar-refractivity contribution in [3.05, 3.63) is 48.2 Å². The summed E-state index contributed by atoms with van der Waals surface area (Å²) in [5, 5.41) is 10.3. The molecular weight excluding hydrogens is 316 g/mol. The maximum atomic E-state index is 12.1. The molecule has 2 rings (SSSR count). The highest BCUT2D eigenvalue weighted by molar-refractivity contribution is 5.82. The van der Waals surface area contributed by atoms with Crippen LogP contribution in [0, 0.1) is 16.7 Å². The summed E-state index contributed by atoms with van der Waals surface area (Å²) < 4.78 is 0. The van der Waals surface area contributed by atoms with E-state index in [1.807, 2.05) is 44.2 Å². The van der Waals surface area contributed by atoms with Crippen LogP contribution in [0.5, 0.6) is 0 Å². The number of allylic oxidation sites excluding steroid dienone is 1. The average molecular weight is 340 g/mol. The van der Waals surface area contributed by atoms with Crippen molar-refractivity contribution in [2.24, 2.45) is 5.41 Å². The minimum absolute atomic E-state index is 0.0703. The topological polar surface area (TPSA) is 70.4 Å². The summed E-state index contributed by atoms with van der Waals surface area (Å²) in [4.78, 5) is 29.0. The molecule has 5 nitrogen and oxygen atoms in total. The summed E-state index contributed by atoms with van der Waals surface area (Å²) in [6.07, 6.45) is 2.24. The van der Waals surface area contributed by atoms with Gasteiger partial charge in [0.05, 0.1) is 17.2 Å². The lowest BCUT2D eigenvalue weighted by Crippen LogP contribution is -2.27. The van der Waals surface area contributed by atoms with Gasteiger partial charge in [-0.25, -0.2) is 4.79 Å². The Hall–Kier alpha value is -2.61. The smallest absolute Gasteiger partial charge is 0.333 e. The van der Waals surface area contributed by atoms with E-state index in [1.165, 1.54) is 0 Å². The molecule has 1 aliphatic heterocycles. The predicted molar refractivity (Wildman–Crippen MR) is 93.7 cm³/mol. The highest BCUT2D eigenvalue weighted by Gasteiger charge is 2.29. The second-order valence-electron chi connectivity index (χ2n) is 7.06. The first kappa shape index (κ1) is 18.7. The lowest BCUT2D eigenvalue weighted by Gasteiger charge is -2.24. The van der Waals surface area contributed by atoms with Crippen molar-refractivity contribution in [3.8, 4) is 6.07 Å². The Labute approximate surface area is 148 Å². The minimum atomic E-state index is -0.483. The van der Waals surface area contributed by atoms with Crippen LogP contribution >= 0.6 is 0 Å². The Morgan fingerprint density at radius 3 is 2.60 bits per heavy atom. The first-order chi connectivity index (χ1) is 11.8. The zero-order chi connectivity index (χ0) is 18.4. The van der Waals surface area contributed by atoms with Gasteiger partial charge in [0.25, 0.3) is 5.91 Å². The number of hydroxylamine groups is 2. The first-order valence-corrected chi connectivity index (χ1v) is 8.50. The highest BCUT2D eigenvalue weighted by atomic mass is 16.7. The molecule has 25 heavy (non-hydrogen) atoms. The van der Waals surface area contributed by atoms with Gasteiger partial charge in [0.1, 0.15) is 0 Å². The first-order valence-electron chi connectivity index (χ1n) is 8.50. The lowest BCUT2D eigenvalue weighted by atomic mass is 9.79. The van der Waals surface area contributed by atoms with Crippen LogP contribution < -0.4 is 0 Å². The van der Waals surface area contributed by atoms with Crippen molar-refractivity contribution in [1.29, 1.82) is 5.26 Å². The molecule has 1 saturated heterocycles. The van der Waals surface area contributed by atoms with Crippen molar-refractivity contribution in [2.45, 2.75) is 51.9 Å². The fraction of sp³-hybridized carbons (Fsp3) is 0.450. The number of benzene rings is 1. The minimum Gasteiger partial charge on any atom is -0.334 e. The summed E-state index contributed by atoms with van der Waals surface area (Å²) >= 11 is 0. The Balaban J connectivity index is 1.99. The molecule has 0 bridgehead atoms. The molecule has 1 aromatic carbocycles. The van der Waals surface area contributed by atoms with Crippen molar-refractivity contribution >= 4 is 11.9 Å². The van der Waals surface area contributed by atoms with Crippen molar-refractivity contribution in [2.75, 3.05) is 0 Å². The van der Waals surface area contributed by atoms with Crippen LogP contribution in [-0.4, -0.2) is 16.9 Å². The molecule has 0 aliphatic carbocycles. The van der Waals surface area contributed by atoms with E-state index in [2.05, 4.69) is 12.6 Å². The second-order valence-corrected chi connectivity index (χ2v) is 7.06. The fourth-order valence-corrected chi connectivity index (χ4v) is 2.96. The molecule has 1 heterocycles. The van der Waals surface area contributed by atoms with Crippen molar-refractivity contribution in [3.63, 3.8) is 0 Å². The van der Waals surface area contributed by atoms with Gasteiger partial charge in [-0.2, -0.15) is 5.26 Å². The number of carbonyl (C=O) groups is 2. The standard InChI is InChI=1S/C20H24N2O3/c1-15-9-11-18(23)22(15)25-19(24)12-10-17(13-20(2,3)14-21)16-7-5-4-6-8-16/h4-8,17H,1,9-13H2,2-3H3. The third-order valence-electron chi connectivity index (χ3n) is 4.36. The van der Waals surface area contributed by atoms with Crippen LogP contribution in [0.2, 0.25) is 0 Å². The lowest BCUT2D eigenvalue weighted by molar-refractivity contribution is -0.186. The van der Waals surface area contributed by atoms with E-state index in [-0.39, 0.29) is 18.2 Å². The molecule has 1 unspecified atom stereocenters. The summed E-state index contributed by atoms with van der Waals surface area (Å²) in [5.74, 6) is -0.614. The molecular formula is C20H24N2O3. The van der Waals surface area contributed by atoms with Gasteiger partial charge < -0.3 is 4.84 Å². The Bertz CT molecular complexity index is 673. The maximum absolute atomic E-state index is 12.1. The van der Waals surface area contributed by atoms with E-state index in [4.69, 9.17) is 4.84 Å². The van der Waals surface area contributed by atoms with Gasteiger partial charge in [0.2, 0.25) is 0 Å². The van der Waals surface area contributed by atoms with Crippen LogP contribution in [0.15, 0.2) is 42.6 Å². The normalized spacial score (nSPS) is 15.8. The van der Waals surface area contributed by atoms with E-state index in [0.29, 0.717) is 31.4 Å². The Morgan fingerprint density at radius 2 is 2.04 bits per heavy atom. The van der Waals surface area contributed by atoms with Crippen molar-refractivity contribution < 1.29 is 14.4 Å². The van der Waals surface area contributed by atoms with Gasteiger partial charge in [-0.05, 0) is 44.6 Å². The van der Waals surface area contributed by atoms with E-state index in [9.17, 15) is 14.9 Å². The van der Waals surface area contributed by atoms with Crippen LogP contribution in [0.3, 0.4) is 0 Å². The van der Waals surface area contributed by atoms with Gasteiger partial charge in [-0.1, -0.05) is 36.9 Å². The molecule has 1 aliphatic rings. The number of amides is 1. The van der Waals surface area contributed by atoms with E-state index < -0.39 is 11.4 Å². The van der Waals surface area contributed by atoms with Crippen LogP contribution in [-0.2, 0) is 14.4 Å². The van der Waals surface area contributed by atoms with Gasteiger partial charge in [-0.15, -0.1) is 5.06 Å². The summed E-state index contributed by atoms with van der Waals surface area (Å²) in [6, 6.07) is 12.2. The number of rotatable bonds is 7. The number of nitriles is 1. The zero-order valence-electron chi connectivity index (χ0n) is 14.8. The summed E-state index contributed by atoms with van der Waals surface area (Å²) in [7, 11) is 0. The monoisotopic (exact) mass is 340 g/mol. The number of carbonyl (C=O) groups excluding carboxylic acids is 2. The van der Waals surface area contributed by atoms with Crippen LogP contribution in [0.1, 0.15) is 57.4 Å². The van der Waals surface area contributed by atoms with Gasteiger partial charge in [-0.3, -0.25) is 4.79 Å². The molecule has 1 fully saturated rings. The number of hydrogen-bond acceptors (Lipinski definition) is 4. The number of hydrogen-bond donors (Lipinski definition) is 0. The average Bonchev–Trinajstić information content (AvgIpc) is 2.91. The van der Waals surface area contributed by atoms with Crippen molar-refractivity contribution in [1.82, 2.24) is 5.06 Å². The van der Waals surface area contributed by atoms with E-state index in [0.717, 1.165) is 10.6 Å². The van der Waals surface area contributed by atoms with Crippen LogP contribution in [0.4, 0.5) is 0 Å². The highest BCUT2D eigenvalue weighted by Crippen LogP contribution is 2.34. The quantitative estimate of drug-likeness (QED) is 0.750. The van der Waals surface area contributed by atoms with Gasteiger partial charge in [0.15, 0.2) is 0 Å². The molecule has 1 amide bonds. The molecule has 0 aromatic heterocycles. The van der Waals surface area contributed by atoms with E-state index >= 15 is 0 Å². The largest absolute Gasteiger partial charge is 0.334 e. The Morgan fingerprint density at radius 1 is 1.36 bits per heavy atom. The molecule has 0 spiro atoms. The zero-order valence-corrected chi connectivity index (χ0v) is 14.8. The third-order valence-corrected chi connectivity index (χ3v) is 4.36. The SMILES string of the molecule is C=C1CCC(=O)N1OC(=O)CCC(CC(C)(C)C#N)c1ccccc1. The van der Waals surface area contributed by atoms with Crippen LogP contribution in [0.25, 0.3) is 0 Å². The molecule has 5 heteroatoms. The maximum Gasteiger partial charge on any atom is 0.333 e. The van der Waals surface area contributed by atoms with Gasteiger partial charge >= 0.3 is 5.97 Å². The Kier molecular flexibility index (Phi) is 5.97. The molecule has 0 saturated carbocycles. The molecule has 1 aromatic rings. The molecule has 0 N–H and O–H groups in total. The molecule has 1 atom stereocenters. The molecule has 0 radical (unpaired) electrons. The predicted octanol–water partition coefficient (Wildman–Crippen LogP) is 4.08. The fourth-order valence-electron chi connectivity index (χ4n) is 2.96. The van der Waals surface area contributed by atoms with E-state index in [1.54, 1.807) is 0 Å². The second kappa shape index (κ2) is 7.98. The molecule has 132 valence electrons.